The number of carbonyl (C=O) groups is 1. The molecule has 0 atom stereocenters. The fourth-order valence-electron chi connectivity index (χ4n) is 2.75. The van der Waals surface area contributed by atoms with Gasteiger partial charge in [0, 0.05) is 35.1 Å². The van der Waals surface area contributed by atoms with Crippen LogP contribution in [0.2, 0.25) is 0 Å². The number of aromatic nitrogens is 1. The molecule has 1 aliphatic carbocycles. The van der Waals surface area contributed by atoms with Crippen LogP contribution in [0.25, 0.3) is 10.8 Å². The number of fused-ring (bicyclic) bond motifs is 1. The Morgan fingerprint density at radius 2 is 1.88 bits per heavy atom. The maximum atomic E-state index is 12.8. The van der Waals surface area contributed by atoms with E-state index in [1.807, 2.05) is 6.07 Å². The van der Waals surface area contributed by atoms with Crippen LogP contribution in [0.5, 0.6) is 0 Å². The Balaban J connectivity index is 1.64. The zero-order chi connectivity index (χ0) is 18.1. The molecule has 4 rings (SSSR count). The molecular formula is C19H17N3O3S. The van der Waals surface area contributed by atoms with Crippen molar-refractivity contribution in [2.75, 3.05) is 4.72 Å². The number of nitrogens with zero attached hydrogens (tertiary/aromatic N) is 1. The molecule has 1 aromatic heterocycles. The second-order valence-corrected chi connectivity index (χ2v) is 7.94. The Morgan fingerprint density at radius 1 is 1.08 bits per heavy atom. The van der Waals surface area contributed by atoms with Gasteiger partial charge in [-0.1, -0.05) is 18.2 Å². The van der Waals surface area contributed by atoms with Crippen LogP contribution < -0.4 is 10.0 Å². The first-order chi connectivity index (χ1) is 12.5. The molecule has 7 heteroatoms. The predicted octanol–water partition coefficient (Wildman–Crippen LogP) is 2.93. The van der Waals surface area contributed by atoms with Crippen LogP contribution in [-0.2, 0) is 10.0 Å². The average molecular weight is 367 g/mol. The van der Waals surface area contributed by atoms with Gasteiger partial charge in [-0.05, 0) is 48.6 Å². The molecule has 0 saturated heterocycles. The molecular weight excluding hydrogens is 350 g/mol. The molecule has 0 unspecified atom stereocenters. The summed E-state index contributed by atoms with van der Waals surface area (Å²) in [6.45, 7) is 0. The van der Waals surface area contributed by atoms with Crippen molar-refractivity contribution >= 4 is 32.4 Å². The van der Waals surface area contributed by atoms with Crippen molar-refractivity contribution in [2.45, 2.75) is 23.8 Å². The van der Waals surface area contributed by atoms with E-state index in [2.05, 4.69) is 15.0 Å². The minimum absolute atomic E-state index is 0.149. The molecule has 1 saturated carbocycles. The van der Waals surface area contributed by atoms with Gasteiger partial charge in [-0.2, -0.15) is 0 Å². The van der Waals surface area contributed by atoms with E-state index in [9.17, 15) is 13.2 Å². The quantitative estimate of drug-likeness (QED) is 0.726. The van der Waals surface area contributed by atoms with Gasteiger partial charge >= 0.3 is 0 Å². The number of benzene rings is 2. The summed E-state index contributed by atoms with van der Waals surface area (Å²) in [6.07, 6.45) is 5.14. The standard InChI is InChI=1S/C19H17N3O3S/c23-19(21-15-7-8-15)14-4-1-5-16(11-14)22-26(24,25)18-6-2-3-13-9-10-20-12-17(13)18/h1-6,9-12,15,22H,7-8H2,(H,21,23). The SMILES string of the molecule is O=C(NC1CC1)c1cccc(NS(=O)(=O)c2cccc3ccncc23)c1. The molecule has 0 aliphatic heterocycles. The van der Waals surface area contributed by atoms with Crippen LogP contribution in [-0.4, -0.2) is 25.4 Å². The minimum atomic E-state index is -3.81. The summed E-state index contributed by atoms with van der Waals surface area (Å²) in [4.78, 5) is 16.3. The monoisotopic (exact) mass is 367 g/mol. The lowest BCUT2D eigenvalue weighted by Crippen LogP contribution is -2.25. The first-order valence-electron chi connectivity index (χ1n) is 8.29. The number of carbonyl (C=O) groups excluding carboxylic acids is 1. The van der Waals surface area contributed by atoms with E-state index in [0.717, 1.165) is 18.2 Å². The summed E-state index contributed by atoms with van der Waals surface area (Å²) in [5, 5.41) is 4.23. The molecule has 2 N–H and O–H groups in total. The van der Waals surface area contributed by atoms with E-state index in [0.29, 0.717) is 16.6 Å². The van der Waals surface area contributed by atoms with Crippen LogP contribution in [0.3, 0.4) is 0 Å². The maximum absolute atomic E-state index is 12.8. The first kappa shape index (κ1) is 16.5. The molecule has 1 amide bonds. The third-order valence-corrected chi connectivity index (χ3v) is 5.66. The summed E-state index contributed by atoms with van der Waals surface area (Å²) in [5.74, 6) is -0.192. The van der Waals surface area contributed by atoms with Gasteiger partial charge < -0.3 is 5.32 Å². The molecule has 132 valence electrons. The molecule has 3 aromatic rings. The van der Waals surface area contributed by atoms with Crippen molar-refractivity contribution in [1.82, 2.24) is 10.3 Å². The summed E-state index contributed by atoms with van der Waals surface area (Å²) in [6, 6.07) is 13.5. The summed E-state index contributed by atoms with van der Waals surface area (Å²) in [7, 11) is -3.81. The summed E-state index contributed by atoms with van der Waals surface area (Å²) in [5.41, 5.74) is 0.769. The number of anilines is 1. The van der Waals surface area contributed by atoms with Gasteiger partial charge in [0.25, 0.3) is 15.9 Å². The van der Waals surface area contributed by atoms with E-state index in [4.69, 9.17) is 0 Å². The fourth-order valence-corrected chi connectivity index (χ4v) is 4.02. The largest absolute Gasteiger partial charge is 0.349 e. The predicted molar refractivity (Wildman–Crippen MR) is 99.5 cm³/mol. The van der Waals surface area contributed by atoms with Crippen LogP contribution in [0.4, 0.5) is 5.69 Å². The van der Waals surface area contributed by atoms with Gasteiger partial charge in [-0.3, -0.25) is 14.5 Å². The van der Waals surface area contributed by atoms with Crippen molar-refractivity contribution in [2.24, 2.45) is 0 Å². The third-order valence-electron chi connectivity index (χ3n) is 4.22. The van der Waals surface area contributed by atoms with Crippen LogP contribution in [0.1, 0.15) is 23.2 Å². The number of hydrogen-bond donors (Lipinski definition) is 2. The lowest BCUT2D eigenvalue weighted by Gasteiger charge is -2.11. The minimum Gasteiger partial charge on any atom is -0.349 e. The number of pyridine rings is 1. The highest BCUT2D eigenvalue weighted by molar-refractivity contribution is 7.93. The highest BCUT2D eigenvalue weighted by Crippen LogP contribution is 2.25. The van der Waals surface area contributed by atoms with E-state index < -0.39 is 10.0 Å². The molecule has 26 heavy (non-hydrogen) atoms. The molecule has 6 nitrogen and oxygen atoms in total. The van der Waals surface area contributed by atoms with E-state index in [-0.39, 0.29) is 16.8 Å². The van der Waals surface area contributed by atoms with Crippen molar-refractivity contribution in [3.05, 3.63) is 66.5 Å². The van der Waals surface area contributed by atoms with Crippen molar-refractivity contribution in [3.8, 4) is 0 Å². The molecule has 1 aliphatic rings. The molecule has 0 bridgehead atoms. The Kier molecular flexibility index (Phi) is 4.08. The number of hydrogen-bond acceptors (Lipinski definition) is 4. The van der Waals surface area contributed by atoms with Gasteiger partial charge in [0.15, 0.2) is 0 Å². The second-order valence-electron chi connectivity index (χ2n) is 6.29. The Bertz CT molecular complexity index is 1090. The van der Waals surface area contributed by atoms with Gasteiger partial charge in [-0.25, -0.2) is 8.42 Å². The lowest BCUT2D eigenvalue weighted by atomic mass is 10.2. The van der Waals surface area contributed by atoms with Gasteiger partial charge in [0.2, 0.25) is 0 Å². The Hall–Kier alpha value is -2.93. The fraction of sp³-hybridized carbons (Fsp3) is 0.158. The molecule has 1 fully saturated rings. The van der Waals surface area contributed by atoms with Gasteiger partial charge in [0.05, 0.1) is 4.90 Å². The molecule has 2 aromatic carbocycles. The number of rotatable bonds is 5. The first-order valence-corrected chi connectivity index (χ1v) is 9.78. The number of sulfonamides is 1. The lowest BCUT2D eigenvalue weighted by molar-refractivity contribution is 0.0951. The zero-order valence-electron chi connectivity index (χ0n) is 13.8. The van der Waals surface area contributed by atoms with E-state index in [1.165, 1.54) is 12.3 Å². The molecule has 0 radical (unpaired) electrons. The molecule has 1 heterocycles. The summed E-state index contributed by atoms with van der Waals surface area (Å²) < 4.78 is 28.2. The zero-order valence-corrected chi connectivity index (χ0v) is 14.7. The van der Waals surface area contributed by atoms with Crippen molar-refractivity contribution in [1.29, 1.82) is 0 Å². The highest BCUT2D eigenvalue weighted by atomic mass is 32.2. The van der Waals surface area contributed by atoms with Crippen LogP contribution >= 0.6 is 0 Å². The smallest absolute Gasteiger partial charge is 0.262 e. The Labute approximate surface area is 151 Å². The highest BCUT2D eigenvalue weighted by Gasteiger charge is 2.24. The Morgan fingerprint density at radius 3 is 2.69 bits per heavy atom. The van der Waals surface area contributed by atoms with E-state index >= 15 is 0 Å². The average Bonchev–Trinajstić information content (AvgIpc) is 3.45. The van der Waals surface area contributed by atoms with Crippen LogP contribution in [0.15, 0.2) is 65.8 Å². The third kappa shape index (κ3) is 3.39. The summed E-state index contributed by atoms with van der Waals surface area (Å²) >= 11 is 0. The van der Waals surface area contributed by atoms with Gasteiger partial charge in [-0.15, -0.1) is 0 Å². The molecule has 0 spiro atoms. The van der Waals surface area contributed by atoms with Gasteiger partial charge in [0.1, 0.15) is 0 Å². The van der Waals surface area contributed by atoms with Crippen molar-refractivity contribution < 1.29 is 13.2 Å². The topological polar surface area (TPSA) is 88.2 Å². The van der Waals surface area contributed by atoms with Crippen molar-refractivity contribution in [3.63, 3.8) is 0 Å². The maximum Gasteiger partial charge on any atom is 0.262 e. The van der Waals surface area contributed by atoms with E-state index in [1.54, 1.807) is 42.6 Å². The number of amides is 1. The number of nitrogens with one attached hydrogen (secondary N) is 2. The second kappa shape index (κ2) is 6.42. The van der Waals surface area contributed by atoms with Crippen LogP contribution in [0, 0.1) is 0 Å². The normalized spacial score (nSPS) is 14.2.